The molecule has 0 unspecified atom stereocenters. The van der Waals surface area contributed by atoms with E-state index >= 15 is 0 Å². The van der Waals surface area contributed by atoms with Crippen LogP contribution in [0.25, 0.3) is 87.6 Å². The van der Waals surface area contributed by atoms with Crippen LogP contribution in [0.15, 0.2) is 133 Å². The zero-order valence-corrected chi connectivity index (χ0v) is 27.8. The SMILES string of the molecule is CC(C)c1ccc2c(-c3cccc4ccccc34)c3c(c(-c4cccc5ccccc45)c2c1)-c1ccc(C(C)(C)C)c2cccc-3c12. The Bertz CT molecular complexity index is 2560. The van der Waals surface area contributed by atoms with Gasteiger partial charge in [0.2, 0.25) is 0 Å². The molecule has 0 heteroatoms. The summed E-state index contributed by atoms with van der Waals surface area (Å²) in [6.07, 6.45) is 0. The molecule has 0 spiro atoms. The molecule has 0 nitrogen and oxygen atoms in total. The molecule has 0 saturated heterocycles. The first-order chi connectivity index (χ1) is 22.8. The van der Waals surface area contributed by atoms with E-state index in [1.54, 1.807) is 0 Å². The van der Waals surface area contributed by atoms with Crippen LogP contribution in [0.3, 0.4) is 0 Å². The Kier molecular flexibility index (Phi) is 6.06. The highest BCUT2D eigenvalue weighted by molar-refractivity contribution is 6.30. The van der Waals surface area contributed by atoms with Crippen molar-refractivity contribution in [2.24, 2.45) is 0 Å². The van der Waals surface area contributed by atoms with Gasteiger partial charge in [0.05, 0.1) is 0 Å². The molecule has 1 aliphatic rings. The van der Waals surface area contributed by atoms with E-state index in [0.717, 1.165) is 0 Å². The van der Waals surface area contributed by atoms with E-state index in [0.29, 0.717) is 5.92 Å². The van der Waals surface area contributed by atoms with E-state index in [2.05, 4.69) is 168 Å². The van der Waals surface area contributed by atoms with Crippen LogP contribution in [0.1, 0.15) is 51.7 Å². The first kappa shape index (κ1) is 28.1. The Morgan fingerprint density at radius 2 is 0.915 bits per heavy atom. The summed E-state index contributed by atoms with van der Waals surface area (Å²) in [5.74, 6) is 0.420. The standard InChI is InChI=1S/C47H38/c1-28(2)31-23-24-36-40(27-31)44(35-20-11-16-30-14-7-9-18-33(30)35)46-39-25-26-41(47(3,4)5)37-21-12-22-38(42(37)39)45(46)43(36)34-19-10-15-29-13-6-8-17-32(29)34/h6-28H,1-5H3. The van der Waals surface area contributed by atoms with E-state index in [-0.39, 0.29) is 5.41 Å². The van der Waals surface area contributed by atoms with Gasteiger partial charge in [-0.05, 0) is 110 Å². The van der Waals surface area contributed by atoms with E-state index in [9.17, 15) is 0 Å². The molecule has 0 aliphatic heterocycles. The topological polar surface area (TPSA) is 0 Å². The van der Waals surface area contributed by atoms with Crippen molar-refractivity contribution < 1.29 is 0 Å². The minimum Gasteiger partial charge on any atom is -0.0616 e. The molecule has 0 fully saturated rings. The Labute approximate surface area is 277 Å². The third-order valence-electron chi connectivity index (χ3n) is 10.5. The van der Waals surface area contributed by atoms with Gasteiger partial charge >= 0.3 is 0 Å². The molecule has 0 radical (unpaired) electrons. The van der Waals surface area contributed by atoms with Gasteiger partial charge in [0.1, 0.15) is 0 Å². The third-order valence-corrected chi connectivity index (χ3v) is 10.5. The third kappa shape index (κ3) is 4.07. The van der Waals surface area contributed by atoms with Crippen LogP contribution in [0, 0.1) is 0 Å². The fraction of sp³-hybridized carbons (Fsp3) is 0.149. The minimum atomic E-state index is 0.0275. The summed E-state index contributed by atoms with van der Waals surface area (Å²) < 4.78 is 0. The van der Waals surface area contributed by atoms with Gasteiger partial charge in [0, 0.05) is 0 Å². The van der Waals surface area contributed by atoms with Gasteiger partial charge in [-0.25, -0.2) is 0 Å². The molecule has 0 N–H and O–H groups in total. The zero-order valence-electron chi connectivity index (χ0n) is 27.8. The lowest BCUT2D eigenvalue weighted by molar-refractivity contribution is 0.596. The van der Waals surface area contributed by atoms with Crippen LogP contribution in [-0.4, -0.2) is 0 Å². The Balaban J connectivity index is 1.56. The van der Waals surface area contributed by atoms with E-state index in [1.807, 2.05) is 0 Å². The van der Waals surface area contributed by atoms with E-state index in [4.69, 9.17) is 0 Å². The molecule has 226 valence electrons. The van der Waals surface area contributed by atoms with Crippen LogP contribution in [0.5, 0.6) is 0 Å². The molecule has 0 amide bonds. The summed E-state index contributed by atoms with van der Waals surface area (Å²) in [4.78, 5) is 0. The predicted molar refractivity (Wildman–Crippen MR) is 205 cm³/mol. The van der Waals surface area contributed by atoms with Gasteiger partial charge in [-0.2, -0.15) is 0 Å². The number of benzene rings is 8. The zero-order chi connectivity index (χ0) is 32.0. The van der Waals surface area contributed by atoms with E-state index in [1.165, 1.54) is 98.7 Å². The van der Waals surface area contributed by atoms with Crippen molar-refractivity contribution >= 4 is 43.1 Å². The molecular formula is C47H38. The van der Waals surface area contributed by atoms with Crippen LogP contribution < -0.4 is 0 Å². The van der Waals surface area contributed by atoms with Crippen LogP contribution in [0.2, 0.25) is 0 Å². The second-order valence-electron chi connectivity index (χ2n) is 14.7. The lowest BCUT2D eigenvalue weighted by Crippen LogP contribution is -2.11. The number of hydrogen-bond acceptors (Lipinski definition) is 0. The monoisotopic (exact) mass is 602 g/mol. The van der Waals surface area contributed by atoms with Gasteiger partial charge in [0.15, 0.2) is 0 Å². The largest absolute Gasteiger partial charge is 0.0616 e. The molecule has 0 heterocycles. The molecule has 0 atom stereocenters. The van der Waals surface area contributed by atoms with Gasteiger partial charge in [-0.3, -0.25) is 0 Å². The average molecular weight is 603 g/mol. The van der Waals surface area contributed by atoms with Gasteiger partial charge < -0.3 is 0 Å². The minimum absolute atomic E-state index is 0.0275. The first-order valence-corrected chi connectivity index (χ1v) is 17.0. The molecule has 9 rings (SSSR count). The van der Waals surface area contributed by atoms with Gasteiger partial charge in [-0.15, -0.1) is 0 Å². The van der Waals surface area contributed by atoms with Crippen LogP contribution in [0.4, 0.5) is 0 Å². The molecule has 8 aromatic carbocycles. The second kappa shape index (κ2) is 10.1. The molecule has 1 aliphatic carbocycles. The molecule has 8 aromatic rings. The summed E-state index contributed by atoms with van der Waals surface area (Å²) in [5, 5.41) is 10.5. The molecule has 0 bridgehead atoms. The first-order valence-electron chi connectivity index (χ1n) is 17.0. The smallest absolute Gasteiger partial charge is 0.000718 e. The maximum absolute atomic E-state index is 2.50. The number of fused-ring (bicyclic) bond motifs is 6. The maximum atomic E-state index is 2.50. The summed E-state index contributed by atoms with van der Waals surface area (Å²) in [7, 11) is 0. The highest BCUT2D eigenvalue weighted by atomic mass is 14.4. The molecule has 0 saturated carbocycles. The van der Waals surface area contributed by atoms with Crippen molar-refractivity contribution in [3.63, 3.8) is 0 Å². The fourth-order valence-corrected chi connectivity index (χ4v) is 8.33. The van der Waals surface area contributed by atoms with Crippen molar-refractivity contribution in [2.45, 2.75) is 46.0 Å². The summed E-state index contributed by atoms with van der Waals surface area (Å²) in [6, 6.07) is 50.5. The van der Waals surface area contributed by atoms with Gasteiger partial charge in [-0.1, -0.05) is 168 Å². The van der Waals surface area contributed by atoms with E-state index < -0.39 is 0 Å². The van der Waals surface area contributed by atoms with Crippen LogP contribution in [-0.2, 0) is 5.41 Å². The second-order valence-corrected chi connectivity index (χ2v) is 14.7. The van der Waals surface area contributed by atoms with Crippen LogP contribution >= 0.6 is 0 Å². The normalized spacial score (nSPS) is 12.6. The van der Waals surface area contributed by atoms with Crippen molar-refractivity contribution in [3.05, 3.63) is 145 Å². The maximum Gasteiger partial charge on any atom is -0.000718 e. The number of hydrogen-bond donors (Lipinski definition) is 0. The average Bonchev–Trinajstić information content (AvgIpc) is 3.41. The Morgan fingerprint density at radius 3 is 1.53 bits per heavy atom. The highest BCUT2D eigenvalue weighted by Gasteiger charge is 2.33. The lowest BCUT2D eigenvalue weighted by atomic mass is 9.80. The molecule has 0 aromatic heterocycles. The lowest BCUT2D eigenvalue weighted by Gasteiger charge is -2.23. The Morgan fingerprint density at radius 1 is 0.404 bits per heavy atom. The van der Waals surface area contributed by atoms with Crippen molar-refractivity contribution in [3.8, 4) is 44.5 Å². The Hall–Kier alpha value is -5.20. The predicted octanol–water partition coefficient (Wildman–Crippen LogP) is 13.7. The number of rotatable bonds is 3. The highest BCUT2D eigenvalue weighted by Crippen LogP contribution is 2.59. The summed E-state index contributed by atoms with van der Waals surface area (Å²) in [5.41, 5.74) is 13.5. The molecular weight excluding hydrogens is 565 g/mol. The molecule has 47 heavy (non-hydrogen) atoms. The van der Waals surface area contributed by atoms with Crippen molar-refractivity contribution in [1.82, 2.24) is 0 Å². The van der Waals surface area contributed by atoms with Crippen molar-refractivity contribution in [1.29, 1.82) is 0 Å². The van der Waals surface area contributed by atoms with Crippen molar-refractivity contribution in [2.75, 3.05) is 0 Å². The fourth-order valence-electron chi connectivity index (χ4n) is 8.33. The quantitative estimate of drug-likeness (QED) is 0.189. The van der Waals surface area contributed by atoms with Gasteiger partial charge in [0.25, 0.3) is 0 Å². The summed E-state index contributed by atoms with van der Waals surface area (Å²) >= 11 is 0. The summed E-state index contributed by atoms with van der Waals surface area (Å²) in [6.45, 7) is 11.6.